The zero-order valence-electron chi connectivity index (χ0n) is 21.0. The lowest BCUT2D eigenvalue weighted by Gasteiger charge is -2.37. The number of carboxylic acid groups (broad SMARTS) is 1. The first-order valence-corrected chi connectivity index (χ1v) is 12.5. The lowest BCUT2D eigenvalue weighted by molar-refractivity contribution is 0.0696. The van der Waals surface area contributed by atoms with Gasteiger partial charge in [-0.1, -0.05) is 61.5 Å². The zero-order chi connectivity index (χ0) is 25.2. The number of aryl methyl sites for hydroxylation is 1. The third-order valence-electron chi connectivity index (χ3n) is 7.19. The Bertz CT molecular complexity index is 1420. The van der Waals surface area contributed by atoms with Crippen LogP contribution in [0.2, 0.25) is 0 Å². The quantitative estimate of drug-likeness (QED) is 0.267. The Labute approximate surface area is 223 Å². The molecular formula is C31H31ClFNO3. The van der Waals surface area contributed by atoms with Crippen molar-refractivity contribution in [3.63, 3.8) is 0 Å². The van der Waals surface area contributed by atoms with E-state index in [9.17, 15) is 14.3 Å². The van der Waals surface area contributed by atoms with Crippen LogP contribution in [0.25, 0.3) is 10.8 Å². The molecular weight excluding hydrogens is 489 g/mol. The average molecular weight is 520 g/mol. The van der Waals surface area contributed by atoms with Gasteiger partial charge in [-0.2, -0.15) is 0 Å². The maximum Gasteiger partial charge on any atom is 0.336 e. The van der Waals surface area contributed by atoms with Crippen molar-refractivity contribution in [3.05, 3.63) is 101 Å². The Morgan fingerprint density at radius 1 is 1.08 bits per heavy atom. The summed E-state index contributed by atoms with van der Waals surface area (Å²) in [4.78, 5) is 13.7. The van der Waals surface area contributed by atoms with Crippen molar-refractivity contribution in [1.82, 2.24) is 0 Å². The van der Waals surface area contributed by atoms with Gasteiger partial charge in [-0.25, -0.2) is 9.18 Å². The number of halogens is 2. The van der Waals surface area contributed by atoms with E-state index in [0.29, 0.717) is 23.7 Å². The molecule has 1 heterocycles. The molecule has 37 heavy (non-hydrogen) atoms. The van der Waals surface area contributed by atoms with E-state index < -0.39 is 11.8 Å². The summed E-state index contributed by atoms with van der Waals surface area (Å²) in [6.45, 7) is 4.56. The number of fused-ring (bicyclic) bond motifs is 2. The van der Waals surface area contributed by atoms with Crippen LogP contribution in [0.1, 0.15) is 53.6 Å². The number of aromatic carboxylic acids is 1. The van der Waals surface area contributed by atoms with Crippen LogP contribution in [-0.4, -0.2) is 23.7 Å². The van der Waals surface area contributed by atoms with Crippen LogP contribution in [0.4, 0.5) is 15.8 Å². The van der Waals surface area contributed by atoms with Crippen molar-refractivity contribution in [2.45, 2.75) is 45.1 Å². The number of para-hydroxylation sites is 1. The van der Waals surface area contributed by atoms with E-state index in [1.165, 1.54) is 22.4 Å². The third-order valence-corrected chi connectivity index (χ3v) is 7.19. The summed E-state index contributed by atoms with van der Waals surface area (Å²) < 4.78 is 20.9. The highest BCUT2D eigenvalue weighted by molar-refractivity contribution is 5.91. The van der Waals surface area contributed by atoms with Gasteiger partial charge in [0.25, 0.3) is 0 Å². The molecule has 0 fully saturated rings. The van der Waals surface area contributed by atoms with E-state index in [4.69, 9.17) is 4.74 Å². The number of carbonyl (C=O) groups is 1. The average Bonchev–Trinajstić information content (AvgIpc) is 2.88. The highest BCUT2D eigenvalue weighted by Crippen LogP contribution is 2.41. The van der Waals surface area contributed by atoms with Gasteiger partial charge in [0.05, 0.1) is 17.8 Å². The first kappa shape index (κ1) is 26.5. The van der Waals surface area contributed by atoms with Crippen LogP contribution in [-0.2, 0) is 0 Å². The van der Waals surface area contributed by atoms with E-state index in [1.54, 1.807) is 25.1 Å². The van der Waals surface area contributed by atoms with Crippen molar-refractivity contribution >= 4 is 40.5 Å². The fourth-order valence-corrected chi connectivity index (χ4v) is 5.22. The summed E-state index contributed by atoms with van der Waals surface area (Å²) in [5.41, 5.74) is 3.63. The second-order valence-electron chi connectivity index (χ2n) is 9.64. The van der Waals surface area contributed by atoms with Crippen LogP contribution in [0, 0.1) is 12.7 Å². The van der Waals surface area contributed by atoms with Crippen molar-refractivity contribution in [2.75, 3.05) is 11.4 Å². The minimum atomic E-state index is -0.971. The Kier molecular flexibility index (Phi) is 8.03. The van der Waals surface area contributed by atoms with Crippen LogP contribution >= 0.6 is 12.4 Å². The van der Waals surface area contributed by atoms with Crippen molar-refractivity contribution in [1.29, 1.82) is 0 Å². The number of hydrogen-bond acceptors (Lipinski definition) is 3. The topological polar surface area (TPSA) is 49.8 Å². The summed E-state index contributed by atoms with van der Waals surface area (Å²) in [5.74, 6) is -0.763. The van der Waals surface area contributed by atoms with Crippen molar-refractivity contribution in [2.24, 2.45) is 0 Å². The van der Waals surface area contributed by atoms with E-state index in [1.807, 2.05) is 17.0 Å². The first-order valence-electron chi connectivity index (χ1n) is 12.5. The summed E-state index contributed by atoms with van der Waals surface area (Å²) in [5, 5.41) is 12.1. The highest BCUT2D eigenvalue weighted by Gasteiger charge is 2.29. The van der Waals surface area contributed by atoms with Gasteiger partial charge in [-0.15, -0.1) is 12.4 Å². The molecule has 0 spiro atoms. The largest absolute Gasteiger partial charge is 0.483 e. The molecule has 0 aromatic heterocycles. The fourth-order valence-electron chi connectivity index (χ4n) is 5.22. The van der Waals surface area contributed by atoms with Gasteiger partial charge in [-0.05, 0) is 78.3 Å². The number of anilines is 2. The molecule has 0 saturated heterocycles. The predicted octanol–water partition coefficient (Wildman–Crippen LogP) is 8.28. The van der Waals surface area contributed by atoms with Gasteiger partial charge >= 0.3 is 5.97 Å². The summed E-state index contributed by atoms with van der Waals surface area (Å²) in [7, 11) is 0. The second-order valence-corrected chi connectivity index (χ2v) is 9.64. The number of benzene rings is 4. The molecule has 6 heteroatoms. The molecule has 4 aromatic rings. The molecule has 1 N–H and O–H groups in total. The lowest BCUT2D eigenvalue weighted by atomic mass is 9.90. The Hall–Kier alpha value is -3.57. The molecule has 0 radical (unpaired) electrons. The number of ether oxygens (including phenoxy) is 1. The Morgan fingerprint density at radius 2 is 1.84 bits per heavy atom. The monoisotopic (exact) mass is 519 g/mol. The molecule has 5 rings (SSSR count). The molecule has 0 amide bonds. The number of rotatable bonds is 7. The maximum atomic E-state index is 14.8. The lowest BCUT2D eigenvalue weighted by Crippen LogP contribution is -2.37. The minimum Gasteiger partial charge on any atom is -0.483 e. The smallest absolute Gasteiger partial charge is 0.336 e. The fraction of sp³-hybridized carbons (Fsp3) is 0.258. The van der Waals surface area contributed by atoms with Gasteiger partial charge in [0, 0.05) is 5.69 Å². The van der Waals surface area contributed by atoms with Crippen LogP contribution in [0.15, 0.2) is 78.9 Å². The Balaban J connectivity index is 0.00000320. The van der Waals surface area contributed by atoms with Gasteiger partial charge in [-0.3, -0.25) is 0 Å². The molecule has 1 aliphatic heterocycles. The summed E-state index contributed by atoms with van der Waals surface area (Å²) >= 11 is 0. The van der Waals surface area contributed by atoms with Crippen LogP contribution in [0.5, 0.6) is 5.75 Å². The molecule has 1 unspecified atom stereocenters. The second kappa shape index (κ2) is 11.2. The molecule has 4 nitrogen and oxygen atoms in total. The van der Waals surface area contributed by atoms with Crippen molar-refractivity contribution < 1.29 is 19.0 Å². The number of nitrogens with zero attached hydrogens (tertiary/aromatic N) is 1. The normalized spacial score (nSPS) is 15.4. The molecule has 4 aromatic carbocycles. The van der Waals surface area contributed by atoms with Crippen LogP contribution < -0.4 is 9.64 Å². The summed E-state index contributed by atoms with van der Waals surface area (Å²) in [6.07, 6.45) is 2.49. The third kappa shape index (κ3) is 5.42. The van der Waals surface area contributed by atoms with E-state index in [-0.39, 0.29) is 29.8 Å². The number of hydrogen-bond donors (Lipinski definition) is 1. The minimum absolute atomic E-state index is 0. The molecule has 0 saturated carbocycles. The highest BCUT2D eigenvalue weighted by atomic mass is 35.5. The zero-order valence-corrected chi connectivity index (χ0v) is 21.8. The maximum absolute atomic E-state index is 14.8. The van der Waals surface area contributed by atoms with Gasteiger partial charge in [0.1, 0.15) is 6.10 Å². The molecule has 192 valence electrons. The summed E-state index contributed by atoms with van der Waals surface area (Å²) in [6, 6.07) is 25.1. The molecule has 1 aliphatic rings. The number of carboxylic acids is 1. The van der Waals surface area contributed by atoms with Crippen molar-refractivity contribution in [3.8, 4) is 5.75 Å². The van der Waals surface area contributed by atoms with E-state index >= 15 is 0 Å². The molecule has 0 aliphatic carbocycles. The first-order chi connectivity index (χ1) is 17.4. The SMILES string of the molecule is Cc1ccc(N2CC(CCC[C@H](C)c3cccc4ccccc34)Oc3c(F)cccc32)cc1C(=O)O.Cl. The van der Waals surface area contributed by atoms with Crippen LogP contribution in [0.3, 0.4) is 0 Å². The Morgan fingerprint density at radius 3 is 2.65 bits per heavy atom. The van der Waals surface area contributed by atoms with E-state index in [2.05, 4.69) is 49.4 Å². The van der Waals surface area contributed by atoms with Gasteiger partial charge < -0.3 is 14.7 Å². The predicted molar refractivity (Wildman–Crippen MR) is 149 cm³/mol. The van der Waals surface area contributed by atoms with Gasteiger partial charge in [0.2, 0.25) is 0 Å². The molecule has 0 bridgehead atoms. The van der Waals surface area contributed by atoms with E-state index in [0.717, 1.165) is 24.9 Å². The molecule has 2 atom stereocenters. The van der Waals surface area contributed by atoms with Gasteiger partial charge in [0.15, 0.2) is 11.6 Å². The standard InChI is InChI=1S/C31H30FNO3.ClH/c1-20(25-13-6-10-22-9-3-4-12-26(22)25)8-5-11-24-19-33(29-15-7-14-28(32)30(29)36-24)23-17-16-21(2)27(18-23)31(34)35;/h3-4,6-7,9-10,12-18,20,24H,5,8,11,19H2,1-2H3,(H,34,35);1H/t20-,24?;/m0./s1.